The van der Waals surface area contributed by atoms with Crippen LogP contribution in [0.1, 0.15) is 23.2 Å². The van der Waals surface area contributed by atoms with E-state index in [1.54, 1.807) is 0 Å². The van der Waals surface area contributed by atoms with Crippen LogP contribution < -0.4 is 10.5 Å². The van der Waals surface area contributed by atoms with Crippen molar-refractivity contribution in [2.75, 3.05) is 7.11 Å². The normalized spacial score (nSPS) is 17.0. The molecule has 5 heteroatoms. The van der Waals surface area contributed by atoms with Crippen LogP contribution in [0.5, 0.6) is 5.75 Å². The summed E-state index contributed by atoms with van der Waals surface area (Å²) < 4.78 is 5.00. The van der Waals surface area contributed by atoms with E-state index in [2.05, 4.69) is 0 Å². The van der Waals surface area contributed by atoms with Crippen LogP contribution in [0, 0.1) is 0 Å². The number of ether oxygens (including phenoxy) is 1. The maximum Gasteiger partial charge on any atom is 0.184 e. The molecule has 86 valence electrons. The minimum atomic E-state index is -0.735. The van der Waals surface area contributed by atoms with Crippen LogP contribution in [0.15, 0.2) is 12.1 Å². The van der Waals surface area contributed by atoms with Gasteiger partial charge in [0.25, 0.3) is 0 Å². The van der Waals surface area contributed by atoms with E-state index in [1.165, 1.54) is 19.2 Å². The molecule has 1 aromatic carbocycles. The van der Waals surface area contributed by atoms with E-state index < -0.39 is 5.54 Å². The second-order valence-electron chi connectivity index (χ2n) is 3.95. The Morgan fingerprint density at radius 3 is 2.50 bits per heavy atom. The Kier molecular flexibility index (Phi) is 2.86. The summed E-state index contributed by atoms with van der Waals surface area (Å²) in [6.07, 6.45) is 1.40. The van der Waals surface area contributed by atoms with Gasteiger partial charge in [0.1, 0.15) is 5.75 Å². The Labute approximate surface area is 103 Å². The zero-order valence-corrected chi connectivity index (χ0v) is 10.2. The standard InChI is InChI=1S/C11H11Cl2NO2/c1-16-9-5-7(12)6(4-8(9)13)10(15)11(14)2-3-11/h4-5H,2-3,14H2,1H3. The Morgan fingerprint density at radius 1 is 1.38 bits per heavy atom. The summed E-state index contributed by atoms with van der Waals surface area (Å²) in [5, 5.41) is 0.683. The van der Waals surface area contributed by atoms with Gasteiger partial charge in [0.05, 0.1) is 22.7 Å². The highest BCUT2D eigenvalue weighted by Gasteiger charge is 2.46. The van der Waals surface area contributed by atoms with Crippen molar-refractivity contribution in [1.29, 1.82) is 0 Å². The molecule has 0 unspecified atom stereocenters. The molecular weight excluding hydrogens is 249 g/mol. The van der Waals surface area contributed by atoms with Gasteiger partial charge in [-0.2, -0.15) is 0 Å². The Balaban J connectivity index is 2.42. The minimum absolute atomic E-state index is 0.151. The first kappa shape index (κ1) is 11.7. The summed E-state index contributed by atoms with van der Waals surface area (Å²) in [7, 11) is 1.49. The van der Waals surface area contributed by atoms with Gasteiger partial charge in [-0.3, -0.25) is 4.79 Å². The van der Waals surface area contributed by atoms with E-state index in [0.29, 0.717) is 34.2 Å². The number of carbonyl (C=O) groups excluding carboxylic acids is 1. The van der Waals surface area contributed by atoms with Crippen LogP contribution in [0.2, 0.25) is 10.0 Å². The van der Waals surface area contributed by atoms with Gasteiger partial charge in [0.2, 0.25) is 0 Å². The smallest absolute Gasteiger partial charge is 0.184 e. The summed E-state index contributed by atoms with van der Waals surface area (Å²) >= 11 is 11.9. The monoisotopic (exact) mass is 259 g/mol. The van der Waals surface area contributed by atoms with Gasteiger partial charge < -0.3 is 10.5 Å². The van der Waals surface area contributed by atoms with Gasteiger partial charge in [0, 0.05) is 11.6 Å². The quantitative estimate of drug-likeness (QED) is 0.850. The first-order valence-corrected chi connectivity index (χ1v) is 5.60. The van der Waals surface area contributed by atoms with Gasteiger partial charge >= 0.3 is 0 Å². The number of methoxy groups -OCH3 is 1. The maximum atomic E-state index is 12.0. The molecule has 3 nitrogen and oxygen atoms in total. The molecule has 16 heavy (non-hydrogen) atoms. The van der Waals surface area contributed by atoms with Crippen molar-refractivity contribution >= 4 is 29.0 Å². The van der Waals surface area contributed by atoms with Crippen molar-refractivity contribution in [3.05, 3.63) is 27.7 Å². The summed E-state index contributed by atoms with van der Waals surface area (Å²) in [4.78, 5) is 12.0. The number of nitrogens with two attached hydrogens (primary N) is 1. The van der Waals surface area contributed by atoms with E-state index >= 15 is 0 Å². The van der Waals surface area contributed by atoms with Gasteiger partial charge in [-0.1, -0.05) is 23.2 Å². The van der Waals surface area contributed by atoms with E-state index in [-0.39, 0.29) is 5.78 Å². The Bertz CT molecular complexity index is 456. The molecule has 0 spiro atoms. The van der Waals surface area contributed by atoms with E-state index in [4.69, 9.17) is 33.7 Å². The molecule has 1 saturated carbocycles. The summed E-state index contributed by atoms with van der Waals surface area (Å²) in [5.41, 5.74) is 5.46. The number of rotatable bonds is 3. The third kappa shape index (κ3) is 1.90. The fraction of sp³-hybridized carbons (Fsp3) is 0.364. The van der Waals surface area contributed by atoms with Crippen molar-refractivity contribution < 1.29 is 9.53 Å². The van der Waals surface area contributed by atoms with Gasteiger partial charge in [-0.05, 0) is 18.9 Å². The Hall–Kier alpha value is -0.770. The highest BCUT2D eigenvalue weighted by molar-refractivity contribution is 6.37. The number of carbonyl (C=O) groups is 1. The maximum absolute atomic E-state index is 12.0. The zero-order chi connectivity index (χ0) is 11.9. The number of Topliss-reactive ketones (excluding diaryl/α,β-unsaturated/α-hetero) is 1. The molecule has 1 aromatic rings. The van der Waals surface area contributed by atoms with Crippen molar-refractivity contribution in [3.63, 3.8) is 0 Å². The van der Waals surface area contributed by atoms with Crippen molar-refractivity contribution in [2.24, 2.45) is 5.73 Å². The van der Waals surface area contributed by atoms with Crippen molar-refractivity contribution in [3.8, 4) is 5.75 Å². The summed E-state index contributed by atoms with van der Waals surface area (Å²) in [6.45, 7) is 0. The third-order valence-electron chi connectivity index (χ3n) is 2.73. The van der Waals surface area contributed by atoms with Crippen LogP contribution in [0.4, 0.5) is 0 Å². The lowest BCUT2D eigenvalue weighted by Crippen LogP contribution is -2.32. The fourth-order valence-electron chi connectivity index (χ4n) is 1.49. The van der Waals surface area contributed by atoms with E-state index in [0.717, 1.165) is 0 Å². The molecule has 0 atom stereocenters. The molecule has 1 aliphatic carbocycles. The van der Waals surface area contributed by atoms with Gasteiger partial charge in [0.15, 0.2) is 5.78 Å². The molecule has 0 bridgehead atoms. The molecule has 2 N–H and O–H groups in total. The Morgan fingerprint density at radius 2 is 2.00 bits per heavy atom. The SMILES string of the molecule is COc1cc(Cl)c(C(=O)C2(N)CC2)cc1Cl. The molecule has 0 radical (unpaired) electrons. The molecule has 1 fully saturated rings. The second kappa shape index (κ2) is 3.91. The molecule has 0 amide bonds. The number of benzene rings is 1. The lowest BCUT2D eigenvalue weighted by Gasteiger charge is -2.11. The average molecular weight is 260 g/mol. The summed E-state index contributed by atoms with van der Waals surface area (Å²) in [6, 6.07) is 3.04. The van der Waals surface area contributed by atoms with Gasteiger partial charge in [-0.25, -0.2) is 0 Å². The minimum Gasteiger partial charge on any atom is -0.495 e. The number of ketones is 1. The molecule has 0 saturated heterocycles. The predicted octanol–water partition coefficient (Wildman–Crippen LogP) is 2.68. The van der Waals surface area contributed by atoms with Crippen LogP contribution in [-0.2, 0) is 0 Å². The van der Waals surface area contributed by atoms with Gasteiger partial charge in [-0.15, -0.1) is 0 Å². The van der Waals surface area contributed by atoms with E-state index in [9.17, 15) is 4.79 Å². The third-order valence-corrected chi connectivity index (χ3v) is 3.34. The largest absolute Gasteiger partial charge is 0.495 e. The zero-order valence-electron chi connectivity index (χ0n) is 8.72. The van der Waals surface area contributed by atoms with Crippen molar-refractivity contribution in [1.82, 2.24) is 0 Å². The van der Waals surface area contributed by atoms with Crippen molar-refractivity contribution in [2.45, 2.75) is 18.4 Å². The first-order valence-electron chi connectivity index (χ1n) is 4.84. The number of hydrogen-bond donors (Lipinski definition) is 1. The van der Waals surface area contributed by atoms with Crippen LogP contribution in [-0.4, -0.2) is 18.4 Å². The van der Waals surface area contributed by atoms with Crippen LogP contribution in [0.3, 0.4) is 0 Å². The summed E-state index contributed by atoms with van der Waals surface area (Å²) in [5.74, 6) is 0.298. The highest BCUT2D eigenvalue weighted by Crippen LogP contribution is 2.39. The number of hydrogen-bond acceptors (Lipinski definition) is 3. The predicted molar refractivity (Wildman–Crippen MR) is 63.5 cm³/mol. The molecule has 0 heterocycles. The molecular formula is C11H11Cl2NO2. The topological polar surface area (TPSA) is 52.3 Å². The highest BCUT2D eigenvalue weighted by atomic mass is 35.5. The van der Waals surface area contributed by atoms with Crippen LogP contribution in [0.25, 0.3) is 0 Å². The molecule has 2 rings (SSSR count). The van der Waals surface area contributed by atoms with E-state index in [1.807, 2.05) is 0 Å². The van der Waals surface area contributed by atoms with Crippen LogP contribution >= 0.6 is 23.2 Å². The molecule has 0 aromatic heterocycles. The second-order valence-corrected chi connectivity index (χ2v) is 4.77. The molecule has 0 aliphatic heterocycles. The first-order chi connectivity index (χ1) is 7.48. The number of halogens is 2. The average Bonchev–Trinajstić information content (AvgIpc) is 2.99. The lowest BCUT2D eigenvalue weighted by atomic mass is 10.0. The molecule has 1 aliphatic rings. The fourth-order valence-corrected chi connectivity index (χ4v) is 1.97. The lowest BCUT2D eigenvalue weighted by molar-refractivity contribution is 0.0949.